The lowest BCUT2D eigenvalue weighted by atomic mass is 10.0. The fourth-order valence-electron chi connectivity index (χ4n) is 2.23. The molecular formula is C13H21ClN4O. The number of nitrogens with one attached hydrogen (secondary N) is 1. The normalized spacial score (nSPS) is 20.3. The molecule has 0 aromatic carbocycles. The van der Waals surface area contributed by atoms with E-state index < -0.39 is 0 Å². The molecule has 0 aliphatic carbocycles. The van der Waals surface area contributed by atoms with Gasteiger partial charge in [-0.1, -0.05) is 18.0 Å². The lowest BCUT2D eigenvalue weighted by molar-refractivity contribution is 0.122. The van der Waals surface area contributed by atoms with Crippen LogP contribution in [0.15, 0.2) is 6.20 Å². The zero-order valence-electron chi connectivity index (χ0n) is 11.5. The molecule has 1 saturated heterocycles. The van der Waals surface area contributed by atoms with E-state index in [1.54, 1.807) is 6.20 Å². The number of hydrogen-bond acceptors (Lipinski definition) is 5. The molecule has 5 nitrogen and oxygen atoms in total. The fraction of sp³-hybridized carbons (Fsp3) is 0.692. The topological polar surface area (TPSA) is 50.3 Å². The molecule has 1 atom stereocenters. The van der Waals surface area contributed by atoms with E-state index in [1.807, 2.05) is 6.92 Å². The highest BCUT2D eigenvalue weighted by Crippen LogP contribution is 2.23. The second-order valence-electron chi connectivity index (χ2n) is 4.82. The van der Waals surface area contributed by atoms with Gasteiger partial charge in [-0.15, -0.1) is 0 Å². The number of likely N-dealkylation sites (N-methyl/N-ethyl adjacent to an activating group) is 1. The molecule has 1 fully saturated rings. The summed E-state index contributed by atoms with van der Waals surface area (Å²) in [5, 5.41) is 3.51. The van der Waals surface area contributed by atoms with Gasteiger partial charge in [0.25, 0.3) is 0 Å². The van der Waals surface area contributed by atoms with Crippen LogP contribution in [-0.2, 0) is 0 Å². The lowest BCUT2D eigenvalue weighted by Gasteiger charge is -2.32. The number of anilines is 1. The van der Waals surface area contributed by atoms with Crippen LogP contribution in [0.3, 0.4) is 0 Å². The molecule has 0 radical (unpaired) electrons. The van der Waals surface area contributed by atoms with Gasteiger partial charge in [-0.3, -0.25) is 0 Å². The molecule has 0 spiro atoms. The van der Waals surface area contributed by atoms with Gasteiger partial charge in [0.05, 0.1) is 6.20 Å². The lowest BCUT2D eigenvalue weighted by Crippen LogP contribution is -2.40. The number of piperidine rings is 1. The quantitative estimate of drug-likeness (QED) is 0.900. The van der Waals surface area contributed by atoms with Crippen molar-refractivity contribution in [1.82, 2.24) is 14.9 Å². The summed E-state index contributed by atoms with van der Waals surface area (Å²) in [5.74, 6) is 1.02. The molecule has 6 heteroatoms. The van der Waals surface area contributed by atoms with Gasteiger partial charge in [-0.25, -0.2) is 4.98 Å². The van der Waals surface area contributed by atoms with Gasteiger partial charge in [-0.2, -0.15) is 4.98 Å². The smallest absolute Gasteiger partial charge is 0.237 e. The first-order valence-electron chi connectivity index (χ1n) is 6.80. The van der Waals surface area contributed by atoms with E-state index in [0.29, 0.717) is 29.5 Å². The van der Waals surface area contributed by atoms with Crippen molar-refractivity contribution >= 4 is 17.5 Å². The highest BCUT2D eigenvalue weighted by molar-refractivity contribution is 6.31. The monoisotopic (exact) mass is 284 g/mol. The number of rotatable bonds is 5. The first-order valence-corrected chi connectivity index (χ1v) is 7.18. The Labute approximate surface area is 119 Å². The molecule has 2 heterocycles. The Hall–Kier alpha value is -1.07. The summed E-state index contributed by atoms with van der Waals surface area (Å²) in [6, 6.07) is 0.447. The van der Waals surface area contributed by atoms with E-state index in [4.69, 9.17) is 16.3 Å². The first kappa shape index (κ1) is 14.3. The van der Waals surface area contributed by atoms with Crippen molar-refractivity contribution in [3.8, 4) is 5.88 Å². The van der Waals surface area contributed by atoms with Crippen molar-refractivity contribution in [2.24, 2.45) is 0 Å². The van der Waals surface area contributed by atoms with E-state index in [0.717, 1.165) is 13.1 Å². The largest absolute Gasteiger partial charge is 0.475 e. The molecule has 1 aliphatic rings. The molecule has 1 unspecified atom stereocenters. The van der Waals surface area contributed by atoms with Crippen molar-refractivity contribution in [2.75, 3.05) is 32.1 Å². The Kier molecular flexibility index (Phi) is 5.22. The van der Waals surface area contributed by atoms with Gasteiger partial charge in [0.2, 0.25) is 11.8 Å². The fourth-order valence-corrected chi connectivity index (χ4v) is 2.37. The maximum absolute atomic E-state index is 6.06. The van der Waals surface area contributed by atoms with Gasteiger partial charge in [0.1, 0.15) is 11.6 Å². The van der Waals surface area contributed by atoms with Crippen molar-refractivity contribution in [3.63, 3.8) is 0 Å². The summed E-state index contributed by atoms with van der Waals surface area (Å²) in [6.45, 7) is 4.52. The molecule has 0 amide bonds. The Morgan fingerprint density at radius 1 is 1.53 bits per heavy atom. The van der Waals surface area contributed by atoms with Crippen LogP contribution >= 0.6 is 11.6 Å². The predicted molar refractivity (Wildman–Crippen MR) is 77.0 cm³/mol. The van der Waals surface area contributed by atoms with Gasteiger partial charge in [-0.05, 0) is 33.4 Å². The van der Waals surface area contributed by atoms with E-state index in [9.17, 15) is 0 Å². The summed E-state index contributed by atoms with van der Waals surface area (Å²) in [5.41, 5.74) is 0. The van der Waals surface area contributed by atoms with Gasteiger partial charge >= 0.3 is 0 Å². The van der Waals surface area contributed by atoms with E-state index in [2.05, 4.69) is 27.2 Å². The summed E-state index contributed by atoms with van der Waals surface area (Å²) in [7, 11) is 2.14. The Morgan fingerprint density at radius 2 is 2.37 bits per heavy atom. The molecular weight excluding hydrogens is 264 g/mol. The number of aromatic nitrogens is 2. The predicted octanol–water partition coefficient (Wildman–Crippen LogP) is 2.42. The molecule has 2 rings (SSSR count). The Balaban J connectivity index is 1.96. The van der Waals surface area contributed by atoms with Crippen LogP contribution in [0.25, 0.3) is 0 Å². The van der Waals surface area contributed by atoms with Crippen molar-refractivity contribution in [1.29, 1.82) is 0 Å². The minimum absolute atomic E-state index is 0.447. The second-order valence-corrected chi connectivity index (χ2v) is 5.23. The summed E-state index contributed by atoms with van der Waals surface area (Å²) < 4.78 is 5.77. The number of likely N-dealkylation sites (tertiary alicyclic amines) is 1. The second kappa shape index (κ2) is 6.91. The van der Waals surface area contributed by atoms with Crippen LogP contribution in [0.1, 0.15) is 26.2 Å². The third-order valence-electron chi connectivity index (χ3n) is 3.38. The zero-order valence-corrected chi connectivity index (χ0v) is 12.3. The minimum Gasteiger partial charge on any atom is -0.475 e. The molecule has 1 aromatic rings. The summed E-state index contributed by atoms with van der Waals surface area (Å²) >= 11 is 6.06. The first-order chi connectivity index (χ1) is 9.20. The molecule has 0 bridgehead atoms. The van der Waals surface area contributed by atoms with Crippen molar-refractivity contribution in [2.45, 2.75) is 32.2 Å². The van der Waals surface area contributed by atoms with Crippen LogP contribution in [0.5, 0.6) is 5.88 Å². The van der Waals surface area contributed by atoms with Crippen LogP contribution in [-0.4, -0.2) is 47.7 Å². The summed E-state index contributed by atoms with van der Waals surface area (Å²) in [6.07, 6.45) is 5.27. The Bertz CT molecular complexity index is 416. The average Bonchev–Trinajstić information content (AvgIpc) is 2.41. The minimum atomic E-state index is 0.447. The number of halogens is 1. The summed E-state index contributed by atoms with van der Waals surface area (Å²) in [4.78, 5) is 10.7. The average molecular weight is 285 g/mol. The van der Waals surface area contributed by atoms with Crippen molar-refractivity contribution < 1.29 is 4.74 Å². The number of nitrogens with zero attached hydrogens (tertiary/aromatic N) is 3. The molecule has 1 aliphatic heterocycles. The molecule has 0 saturated carbocycles. The third kappa shape index (κ3) is 3.94. The van der Waals surface area contributed by atoms with Crippen LogP contribution < -0.4 is 10.1 Å². The van der Waals surface area contributed by atoms with E-state index in [-0.39, 0.29) is 0 Å². The highest BCUT2D eigenvalue weighted by Gasteiger charge is 2.20. The van der Waals surface area contributed by atoms with Crippen LogP contribution in [0.4, 0.5) is 5.95 Å². The number of hydrogen-bond donors (Lipinski definition) is 1. The Morgan fingerprint density at radius 3 is 3.11 bits per heavy atom. The SMILES string of the molecule is CCNc1ncc(Cl)c(OCC2CCCCN2C)n1. The highest BCUT2D eigenvalue weighted by atomic mass is 35.5. The maximum Gasteiger partial charge on any atom is 0.237 e. The van der Waals surface area contributed by atoms with E-state index in [1.165, 1.54) is 19.3 Å². The molecule has 1 aromatic heterocycles. The number of ether oxygens (including phenoxy) is 1. The standard InChI is InChI=1S/C13H21ClN4O/c1-3-15-13-16-8-11(14)12(17-13)19-9-10-6-4-5-7-18(10)2/h8,10H,3-7,9H2,1-2H3,(H,15,16,17). The zero-order chi connectivity index (χ0) is 13.7. The van der Waals surface area contributed by atoms with Gasteiger partial charge in [0.15, 0.2) is 0 Å². The van der Waals surface area contributed by atoms with Gasteiger partial charge in [0, 0.05) is 12.6 Å². The van der Waals surface area contributed by atoms with Crippen LogP contribution in [0, 0.1) is 0 Å². The van der Waals surface area contributed by atoms with E-state index >= 15 is 0 Å². The maximum atomic E-state index is 6.06. The van der Waals surface area contributed by atoms with Crippen molar-refractivity contribution in [3.05, 3.63) is 11.2 Å². The van der Waals surface area contributed by atoms with Gasteiger partial charge < -0.3 is 15.0 Å². The molecule has 1 N–H and O–H groups in total. The molecule has 19 heavy (non-hydrogen) atoms. The third-order valence-corrected chi connectivity index (χ3v) is 3.64. The molecule has 106 valence electrons. The van der Waals surface area contributed by atoms with Crippen LogP contribution in [0.2, 0.25) is 5.02 Å².